The van der Waals surface area contributed by atoms with Crippen LogP contribution in [0.3, 0.4) is 0 Å². The Labute approximate surface area is 292 Å². The van der Waals surface area contributed by atoms with Crippen molar-refractivity contribution in [1.29, 1.82) is 0 Å². The van der Waals surface area contributed by atoms with Crippen molar-refractivity contribution in [1.82, 2.24) is 3.97 Å². The summed E-state index contributed by atoms with van der Waals surface area (Å²) in [5, 5.41) is 12.9. The Morgan fingerprint density at radius 2 is 1.12 bits per heavy atom. The lowest BCUT2D eigenvalue weighted by Crippen LogP contribution is -2.57. The smallest absolute Gasteiger partial charge is 0.268 e. The van der Waals surface area contributed by atoms with Crippen LogP contribution in [0.25, 0.3) is 10.9 Å². The van der Waals surface area contributed by atoms with Gasteiger partial charge in [0.25, 0.3) is 10.0 Å². The van der Waals surface area contributed by atoms with Crippen molar-refractivity contribution in [3.8, 4) is 0 Å². The topological polar surface area (TPSA) is 96.2 Å². The summed E-state index contributed by atoms with van der Waals surface area (Å²) in [6, 6.07) is 46.6. The van der Waals surface area contributed by atoms with Gasteiger partial charge in [-0.1, -0.05) is 127 Å². The summed E-state index contributed by atoms with van der Waals surface area (Å²) in [5.74, 6) is 0. The van der Waals surface area contributed by atoms with Gasteiger partial charge in [0.05, 0.1) is 42.5 Å². The second-order valence-electron chi connectivity index (χ2n) is 12.3. The summed E-state index contributed by atoms with van der Waals surface area (Å²) in [6.45, 7) is 0.880. The fraction of sp³-hybridized carbons (Fsp3) is 0.220. The number of fused-ring (bicyclic) bond motifs is 1. The fourth-order valence-corrected chi connectivity index (χ4v) is 7.99. The van der Waals surface area contributed by atoms with Crippen LogP contribution < -0.4 is 0 Å². The summed E-state index contributed by atoms with van der Waals surface area (Å²) in [4.78, 5) is 0.122. The van der Waals surface area contributed by atoms with E-state index < -0.39 is 40.5 Å². The summed E-state index contributed by atoms with van der Waals surface area (Å²) >= 11 is 0. The van der Waals surface area contributed by atoms with E-state index in [-0.39, 0.29) is 30.4 Å². The lowest BCUT2D eigenvalue weighted by Gasteiger charge is -2.44. The monoisotopic (exact) mass is 689 g/mol. The molecule has 2 heterocycles. The molecule has 1 N–H and O–H groups in total. The molecule has 5 atom stereocenters. The molecule has 6 aromatic rings. The van der Waals surface area contributed by atoms with Crippen LogP contribution in [0.1, 0.15) is 28.5 Å². The average Bonchev–Trinajstić information content (AvgIpc) is 3.56. The van der Waals surface area contributed by atoms with Gasteiger partial charge in [-0.25, -0.2) is 12.4 Å². The Morgan fingerprint density at radius 1 is 0.620 bits per heavy atom. The van der Waals surface area contributed by atoms with Crippen molar-refractivity contribution >= 4 is 20.9 Å². The zero-order valence-electron chi connectivity index (χ0n) is 27.4. The van der Waals surface area contributed by atoms with Crippen LogP contribution in [-0.2, 0) is 48.8 Å². The number of aliphatic hydroxyl groups excluding tert-OH is 1. The number of nitrogens with zero attached hydrogens (tertiary/aromatic N) is 1. The van der Waals surface area contributed by atoms with Crippen LogP contribution in [0, 0.1) is 0 Å². The quantitative estimate of drug-likeness (QED) is 0.139. The molecule has 1 aromatic heterocycles. The highest BCUT2D eigenvalue weighted by Gasteiger charge is 2.49. The van der Waals surface area contributed by atoms with Gasteiger partial charge in [0, 0.05) is 5.39 Å². The van der Waals surface area contributed by atoms with Crippen molar-refractivity contribution < 1.29 is 32.5 Å². The average molecular weight is 690 g/mol. The van der Waals surface area contributed by atoms with Crippen LogP contribution >= 0.6 is 0 Å². The van der Waals surface area contributed by atoms with Crippen LogP contribution in [0.15, 0.2) is 157 Å². The summed E-state index contributed by atoms with van der Waals surface area (Å²) in [6.07, 6.45) is -4.82. The molecule has 0 spiro atoms. The molecular weight excluding hydrogens is 651 g/mol. The molecule has 0 radical (unpaired) electrons. The zero-order chi connectivity index (χ0) is 34.3. The van der Waals surface area contributed by atoms with E-state index in [1.807, 2.05) is 103 Å². The molecule has 9 heteroatoms. The maximum Gasteiger partial charge on any atom is 0.268 e. The highest BCUT2D eigenvalue weighted by molar-refractivity contribution is 7.90. The van der Waals surface area contributed by atoms with E-state index in [0.29, 0.717) is 17.5 Å². The standard InChI is InChI=1S/C41H39NO7S/c43-38-39(36-25-33-21-13-14-24-35(33)42(36)50(44,45)34-22-11-4-12-23-34)49-37(29-46-26-30-15-5-1-6-16-30)40(47-27-31-17-7-2-8-18-31)41(38)48-28-32-19-9-3-10-20-32/h1-25,37-41,43H,26-29H2/t37-,38-,39+,40-,41-/m0/s1. The minimum atomic E-state index is -4.11. The number of aliphatic hydroxyl groups is 1. The molecule has 7 rings (SSSR count). The number of aromatic nitrogens is 1. The molecule has 8 nitrogen and oxygen atoms in total. The van der Waals surface area contributed by atoms with Crippen LogP contribution in [0.2, 0.25) is 0 Å². The lowest BCUT2D eigenvalue weighted by molar-refractivity contribution is -0.264. The minimum Gasteiger partial charge on any atom is -0.387 e. The molecule has 50 heavy (non-hydrogen) atoms. The number of rotatable bonds is 13. The Hall–Kier alpha value is -4.61. The Kier molecular flexibility index (Phi) is 10.5. The van der Waals surface area contributed by atoms with E-state index in [9.17, 15) is 13.5 Å². The van der Waals surface area contributed by atoms with Gasteiger partial charge in [-0.2, -0.15) is 0 Å². The third-order valence-electron chi connectivity index (χ3n) is 8.89. The molecule has 1 aliphatic heterocycles. The van der Waals surface area contributed by atoms with Crippen molar-refractivity contribution in [2.24, 2.45) is 0 Å². The number of para-hydroxylation sites is 1. The highest BCUT2D eigenvalue weighted by atomic mass is 32.2. The van der Waals surface area contributed by atoms with E-state index in [1.54, 1.807) is 48.5 Å². The van der Waals surface area contributed by atoms with E-state index in [1.165, 1.54) is 3.97 Å². The normalized spacial score (nSPS) is 20.9. The molecule has 1 fully saturated rings. The molecule has 0 unspecified atom stereocenters. The predicted octanol–water partition coefficient (Wildman–Crippen LogP) is 7.07. The maximum atomic E-state index is 14.4. The molecule has 0 aliphatic carbocycles. The van der Waals surface area contributed by atoms with Crippen LogP contribution in [-0.4, -0.2) is 48.5 Å². The van der Waals surface area contributed by atoms with Crippen LogP contribution in [0.4, 0.5) is 0 Å². The predicted molar refractivity (Wildman–Crippen MR) is 191 cm³/mol. The van der Waals surface area contributed by atoms with E-state index >= 15 is 0 Å². The first-order valence-electron chi connectivity index (χ1n) is 16.7. The van der Waals surface area contributed by atoms with Crippen molar-refractivity contribution in [3.63, 3.8) is 0 Å². The van der Waals surface area contributed by atoms with E-state index in [2.05, 4.69) is 0 Å². The SMILES string of the molecule is O=S(=O)(c1ccccc1)n1c([C@H]2O[C@@H](COCc3ccccc3)[C@H](OCc3ccccc3)[C@@H](OCc3ccccc3)[C@H]2O)cc2ccccc21. The van der Waals surface area contributed by atoms with Gasteiger partial charge >= 0.3 is 0 Å². The third kappa shape index (κ3) is 7.44. The van der Waals surface area contributed by atoms with Crippen molar-refractivity contribution in [2.45, 2.75) is 55.2 Å². The first-order valence-corrected chi connectivity index (χ1v) is 18.1. The first kappa shape index (κ1) is 33.9. The van der Waals surface area contributed by atoms with Crippen molar-refractivity contribution in [2.75, 3.05) is 6.61 Å². The summed E-state index contributed by atoms with van der Waals surface area (Å²) in [5.41, 5.74) is 3.62. The number of hydrogen-bond donors (Lipinski definition) is 1. The minimum absolute atomic E-state index is 0.106. The van der Waals surface area contributed by atoms with Gasteiger partial charge in [0.15, 0.2) is 0 Å². The maximum absolute atomic E-state index is 14.4. The molecule has 5 aromatic carbocycles. The second-order valence-corrected chi connectivity index (χ2v) is 14.1. The van der Waals surface area contributed by atoms with Gasteiger partial charge in [-0.05, 0) is 41.0 Å². The third-order valence-corrected chi connectivity index (χ3v) is 10.6. The summed E-state index contributed by atoms with van der Waals surface area (Å²) in [7, 11) is -4.11. The van der Waals surface area contributed by atoms with E-state index in [0.717, 1.165) is 16.7 Å². The van der Waals surface area contributed by atoms with E-state index in [4.69, 9.17) is 18.9 Å². The van der Waals surface area contributed by atoms with Gasteiger partial charge in [-0.15, -0.1) is 0 Å². The van der Waals surface area contributed by atoms with Gasteiger partial charge < -0.3 is 24.1 Å². The molecular formula is C41H39NO7S. The van der Waals surface area contributed by atoms with Gasteiger partial charge in [0.2, 0.25) is 0 Å². The second kappa shape index (κ2) is 15.5. The Balaban J connectivity index is 1.29. The van der Waals surface area contributed by atoms with Gasteiger partial charge in [0.1, 0.15) is 30.5 Å². The Morgan fingerprint density at radius 3 is 1.72 bits per heavy atom. The molecule has 0 saturated carbocycles. The molecule has 1 saturated heterocycles. The number of benzene rings is 5. The molecule has 1 aliphatic rings. The number of ether oxygens (including phenoxy) is 4. The summed E-state index contributed by atoms with van der Waals surface area (Å²) < 4.78 is 56.1. The number of hydrogen-bond acceptors (Lipinski definition) is 7. The fourth-order valence-electron chi connectivity index (χ4n) is 6.41. The van der Waals surface area contributed by atoms with Crippen LogP contribution in [0.5, 0.6) is 0 Å². The molecule has 0 bridgehead atoms. The highest BCUT2D eigenvalue weighted by Crippen LogP contribution is 2.40. The van der Waals surface area contributed by atoms with Gasteiger partial charge in [-0.3, -0.25) is 0 Å². The Bertz CT molecular complexity index is 2070. The molecule has 256 valence electrons. The largest absolute Gasteiger partial charge is 0.387 e. The zero-order valence-corrected chi connectivity index (χ0v) is 28.2. The lowest BCUT2D eigenvalue weighted by atomic mass is 9.92. The first-order chi connectivity index (χ1) is 24.5. The molecule has 0 amide bonds. The van der Waals surface area contributed by atoms with Crippen molar-refractivity contribution in [3.05, 3.63) is 174 Å².